The second kappa shape index (κ2) is 6.11. The van der Waals surface area contributed by atoms with Gasteiger partial charge in [0, 0.05) is 17.3 Å². The molecule has 3 rings (SSSR count). The molecule has 24 heavy (non-hydrogen) atoms. The van der Waals surface area contributed by atoms with Crippen LogP contribution in [0.2, 0.25) is 5.02 Å². The minimum Gasteiger partial charge on any atom is -0.406 e. The van der Waals surface area contributed by atoms with E-state index in [-0.39, 0.29) is 5.76 Å². The zero-order chi connectivity index (χ0) is 17.5. The standard InChI is InChI=1S/C17H14ClF3N2O/c1-9-6-10-2-5-15(23-16(10)13(18)7-9)12-8-11(3-4-14(12)22)24-17(19,20)21/h2-8,12,14H,22H2,1H3. The molecule has 0 saturated heterocycles. The van der Waals surface area contributed by atoms with Crippen LogP contribution in [0.4, 0.5) is 13.2 Å². The molecule has 1 heterocycles. The van der Waals surface area contributed by atoms with Crippen molar-refractivity contribution in [2.45, 2.75) is 25.2 Å². The van der Waals surface area contributed by atoms with E-state index in [4.69, 9.17) is 17.3 Å². The number of fused-ring (bicyclic) bond motifs is 1. The van der Waals surface area contributed by atoms with Gasteiger partial charge >= 0.3 is 6.36 Å². The first-order chi connectivity index (χ1) is 11.2. The number of benzene rings is 1. The average Bonchev–Trinajstić information content (AvgIpc) is 2.47. The predicted octanol–water partition coefficient (Wildman–Crippen LogP) is 4.60. The minimum atomic E-state index is -4.75. The summed E-state index contributed by atoms with van der Waals surface area (Å²) in [5.41, 5.74) is 8.13. The SMILES string of the molecule is Cc1cc(Cl)c2nc(C3C=C(OC(F)(F)F)C=CC3N)ccc2c1. The molecule has 0 aliphatic heterocycles. The van der Waals surface area contributed by atoms with Crippen LogP contribution in [0.5, 0.6) is 0 Å². The Bertz CT molecular complexity index is 846. The fourth-order valence-electron chi connectivity index (χ4n) is 2.69. The molecule has 126 valence electrons. The quantitative estimate of drug-likeness (QED) is 0.857. The van der Waals surface area contributed by atoms with Crippen LogP contribution in [0.15, 0.2) is 48.3 Å². The van der Waals surface area contributed by atoms with Gasteiger partial charge < -0.3 is 10.5 Å². The number of nitrogens with two attached hydrogens (primary N) is 1. The highest BCUT2D eigenvalue weighted by atomic mass is 35.5. The van der Waals surface area contributed by atoms with Crippen LogP contribution < -0.4 is 5.73 Å². The van der Waals surface area contributed by atoms with Gasteiger partial charge in [-0.05, 0) is 42.8 Å². The van der Waals surface area contributed by atoms with Crippen molar-refractivity contribution in [3.05, 3.63) is 64.5 Å². The van der Waals surface area contributed by atoms with Gasteiger partial charge in [-0.25, -0.2) is 0 Å². The molecule has 0 saturated carbocycles. The summed E-state index contributed by atoms with van der Waals surface area (Å²) in [4.78, 5) is 4.49. The van der Waals surface area contributed by atoms with Crippen molar-refractivity contribution < 1.29 is 17.9 Å². The molecule has 0 fully saturated rings. The number of alkyl halides is 3. The first-order valence-electron chi connectivity index (χ1n) is 7.21. The molecule has 0 bridgehead atoms. The van der Waals surface area contributed by atoms with E-state index >= 15 is 0 Å². The number of pyridine rings is 1. The van der Waals surface area contributed by atoms with Gasteiger partial charge in [-0.2, -0.15) is 0 Å². The number of allylic oxidation sites excluding steroid dienone is 1. The Balaban J connectivity index is 2.00. The summed E-state index contributed by atoms with van der Waals surface area (Å²) >= 11 is 6.23. The van der Waals surface area contributed by atoms with Gasteiger partial charge in [-0.15, -0.1) is 13.2 Å². The Morgan fingerprint density at radius 3 is 2.71 bits per heavy atom. The van der Waals surface area contributed by atoms with Crippen LogP contribution in [0.3, 0.4) is 0 Å². The van der Waals surface area contributed by atoms with E-state index in [2.05, 4.69) is 9.72 Å². The highest BCUT2D eigenvalue weighted by Crippen LogP contribution is 2.32. The Morgan fingerprint density at radius 1 is 1.25 bits per heavy atom. The first kappa shape index (κ1) is 16.8. The average molecular weight is 355 g/mol. The molecule has 1 aliphatic rings. The largest absolute Gasteiger partial charge is 0.573 e. The van der Waals surface area contributed by atoms with E-state index in [0.717, 1.165) is 10.9 Å². The summed E-state index contributed by atoms with van der Waals surface area (Å²) < 4.78 is 41.2. The lowest BCUT2D eigenvalue weighted by Crippen LogP contribution is -2.28. The molecule has 0 radical (unpaired) electrons. The van der Waals surface area contributed by atoms with Crippen LogP contribution in [-0.2, 0) is 4.74 Å². The minimum absolute atomic E-state index is 0.300. The maximum absolute atomic E-state index is 12.4. The molecule has 3 nitrogen and oxygen atoms in total. The van der Waals surface area contributed by atoms with Crippen LogP contribution in [0.25, 0.3) is 10.9 Å². The molecule has 2 atom stereocenters. The summed E-state index contributed by atoms with van der Waals surface area (Å²) in [5, 5.41) is 1.35. The molecule has 0 spiro atoms. The number of hydrogen-bond donors (Lipinski definition) is 1. The van der Waals surface area contributed by atoms with Crippen molar-refractivity contribution in [1.29, 1.82) is 0 Å². The molecular weight excluding hydrogens is 341 g/mol. The monoisotopic (exact) mass is 354 g/mol. The van der Waals surface area contributed by atoms with Crippen molar-refractivity contribution in [2.24, 2.45) is 5.73 Å². The lowest BCUT2D eigenvalue weighted by Gasteiger charge is -2.23. The first-order valence-corrected chi connectivity index (χ1v) is 7.59. The molecule has 2 aromatic rings. The molecular formula is C17H14ClF3N2O. The van der Waals surface area contributed by atoms with Gasteiger partial charge in [0.25, 0.3) is 0 Å². The van der Waals surface area contributed by atoms with E-state index in [9.17, 15) is 13.2 Å². The number of aromatic nitrogens is 1. The van der Waals surface area contributed by atoms with Gasteiger partial charge in [0.1, 0.15) is 5.76 Å². The molecule has 1 aromatic carbocycles. The van der Waals surface area contributed by atoms with Gasteiger partial charge in [-0.1, -0.05) is 23.7 Å². The van der Waals surface area contributed by atoms with Crippen molar-refractivity contribution >= 4 is 22.5 Å². The lowest BCUT2D eigenvalue weighted by molar-refractivity contribution is -0.303. The molecule has 1 aliphatic carbocycles. The van der Waals surface area contributed by atoms with Crippen LogP contribution in [0.1, 0.15) is 17.2 Å². The third kappa shape index (κ3) is 3.55. The van der Waals surface area contributed by atoms with Crippen molar-refractivity contribution in [2.75, 3.05) is 0 Å². The number of rotatable bonds is 2. The molecule has 1 aromatic heterocycles. The second-order valence-electron chi connectivity index (χ2n) is 5.63. The van der Waals surface area contributed by atoms with Gasteiger partial charge in [-0.3, -0.25) is 4.98 Å². The van der Waals surface area contributed by atoms with E-state index in [1.165, 1.54) is 18.2 Å². The molecule has 2 N–H and O–H groups in total. The number of ether oxygens (including phenoxy) is 1. The highest BCUT2D eigenvalue weighted by Gasteiger charge is 2.33. The van der Waals surface area contributed by atoms with Crippen molar-refractivity contribution in [1.82, 2.24) is 4.98 Å². The Kier molecular flexibility index (Phi) is 4.27. The fourth-order valence-corrected chi connectivity index (χ4v) is 3.01. The van der Waals surface area contributed by atoms with E-state index in [1.807, 2.05) is 19.1 Å². The highest BCUT2D eigenvalue weighted by molar-refractivity contribution is 6.35. The summed E-state index contributed by atoms with van der Waals surface area (Å²) in [5.74, 6) is -0.833. The van der Waals surface area contributed by atoms with Gasteiger partial charge in [0.2, 0.25) is 0 Å². The normalized spacial score (nSPS) is 21.0. The Morgan fingerprint density at radius 2 is 2.00 bits per heavy atom. The zero-order valence-electron chi connectivity index (χ0n) is 12.6. The summed E-state index contributed by atoms with van der Waals surface area (Å²) in [6.45, 7) is 1.92. The Labute approximate surface area is 141 Å². The lowest BCUT2D eigenvalue weighted by atomic mass is 9.91. The maximum Gasteiger partial charge on any atom is 0.573 e. The summed E-state index contributed by atoms with van der Waals surface area (Å²) in [6, 6.07) is 6.80. The Hall–Kier alpha value is -2.05. The molecule has 2 unspecified atom stereocenters. The topological polar surface area (TPSA) is 48.1 Å². The fraction of sp³-hybridized carbons (Fsp3) is 0.235. The number of nitrogens with zero attached hydrogens (tertiary/aromatic N) is 1. The van der Waals surface area contributed by atoms with Crippen molar-refractivity contribution in [3.8, 4) is 0 Å². The number of halogens is 4. The van der Waals surface area contributed by atoms with Gasteiger partial charge in [0.05, 0.1) is 16.2 Å². The van der Waals surface area contributed by atoms with E-state index in [1.54, 1.807) is 12.1 Å². The van der Waals surface area contributed by atoms with Crippen LogP contribution >= 0.6 is 11.6 Å². The third-order valence-electron chi connectivity index (χ3n) is 3.73. The smallest absolute Gasteiger partial charge is 0.406 e. The number of hydrogen-bond acceptors (Lipinski definition) is 3. The van der Waals surface area contributed by atoms with Crippen LogP contribution in [0, 0.1) is 6.92 Å². The summed E-state index contributed by atoms with van der Waals surface area (Å²) in [6.07, 6.45) is -0.741. The van der Waals surface area contributed by atoms with E-state index in [0.29, 0.717) is 16.2 Å². The third-order valence-corrected chi connectivity index (χ3v) is 4.02. The number of aryl methyl sites for hydroxylation is 1. The molecule has 0 amide bonds. The predicted molar refractivity (Wildman–Crippen MR) is 86.6 cm³/mol. The van der Waals surface area contributed by atoms with Crippen LogP contribution in [-0.4, -0.2) is 17.4 Å². The molecule has 7 heteroatoms. The van der Waals surface area contributed by atoms with Gasteiger partial charge in [0.15, 0.2) is 0 Å². The van der Waals surface area contributed by atoms with E-state index < -0.39 is 18.3 Å². The van der Waals surface area contributed by atoms with Crippen molar-refractivity contribution in [3.63, 3.8) is 0 Å². The summed E-state index contributed by atoms with van der Waals surface area (Å²) in [7, 11) is 0. The maximum atomic E-state index is 12.4. The zero-order valence-corrected chi connectivity index (χ0v) is 13.4. The second-order valence-corrected chi connectivity index (χ2v) is 6.04.